The maximum absolute atomic E-state index is 12.5. The highest BCUT2D eigenvalue weighted by Crippen LogP contribution is 2.26. The number of rotatable bonds is 7. The van der Waals surface area contributed by atoms with Gasteiger partial charge in [-0.15, -0.1) is 0 Å². The highest BCUT2D eigenvalue weighted by Gasteiger charge is 2.43. The Bertz CT molecular complexity index is 715. The van der Waals surface area contributed by atoms with E-state index in [4.69, 9.17) is 9.52 Å². The minimum atomic E-state index is -0.124. The van der Waals surface area contributed by atoms with Gasteiger partial charge < -0.3 is 25.1 Å². The number of hydrogen-bond acceptors (Lipinski definition) is 6. The lowest BCUT2D eigenvalue weighted by Gasteiger charge is -2.37. The van der Waals surface area contributed by atoms with Crippen molar-refractivity contribution in [2.24, 2.45) is 0 Å². The van der Waals surface area contributed by atoms with E-state index in [1.807, 2.05) is 11.0 Å². The molecule has 160 valence electrons. The molecule has 3 N–H and O–H groups in total. The van der Waals surface area contributed by atoms with E-state index in [2.05, 4.69) is 15.5 Å². The summed E-state index contributed by atoms with van der Waals surface area (Å²) in [7, 11) is 0. The fourth-order valence-corrected chi connectivity index (χ4v) is 4.83. The zero-order chi connectivity index (χ0) is 20.2. The van der Waals surface area contributed by atoms with Crippen LogP contribution in [0.3, 0.4) is 0 Å². The van der Waals surface area contributed by atoms with E-state index >= 15 is 0 Å². The van der Waals surface area contributed by atoms with Crippen molar-refractivity contribution in [3.05, 3.63) is 23.7 Å². The van der Waals surface area contributed by atoms with Crippen LogP contribution in [-0.2, 0) is 22.7 Å². The standard InChI is InChI=1S/C21H32N4O4/c26-14-18-6-5-17(29-18)12-22-15-10-19-21(28)23-11-16(25(19)13-15)4-7-20(27)24-8-2-1-3-9-24/h5-6,15-16,19,22,26H,1-4,7-14H2,(H,23,28). The van der Waals surface area contributed by atoms with E-state index in [1.54, 1.807) is 6.07 Å². The Morgan fingerprint density at radius 2 is 2.03 bits per heavy atom. The Kier molecular flexibility index (Phi) is 6.52. The zero-order valence-electron chi connectivity index (χ0n) is 16.9. The van der Waals surface area contributed by atoms with Crippen molar-refractivity contribution in [3.8, 4) is 0 Å². The molecule has 3 saturated heterocycles. The van der Waals surface area contributed by atoms with Crippen molar-refractivity contribution in [1.29, 1.82) is 0 Å². The molecule has 0 saturated carbocycles. The number of nitrogens with zero attached hydrogens (tertiary/aromatic N) is 2. The summed E-state index contributed by atoms with van der Waals surface area (Å²) in [6.45, 7) is 3.68. The molecule has 3 fully saturated rings. The topological polar surface area (TPSA) is 98.1 Å². The first-order chi connectivity index (χ1) is 14.1. The fraction of sp³-hybridized carbons (Fsp3) is 0.714. The number of hydrogen-bond donors (Lipinski definition) is 3. The molecule has 0 aliphatic carbocycles. The summed E-state index contributed by atoms with van der Waals surface area (Å²) in [5.41, 5.74) is 0. The second kappa shape index (κ2) is 9.28. The first kappa shape index (κ1) is 20.4. The quantitative estimate of drug-likeness (QED) is 0.616. The van der Waals surface area contributed by atoms with Crippen molar-refractivity contribution in [2.45, 2.75) is 69.8 Å². The van der Waals surface area contributed by atoms with Crippen LogP contribution in [0.4, 0.5) is 0 Å². The van der Waals surface area contributed by atoms with Gasteiger partial charge in [0, 0.05) is 44.7 Å². The Hall–Kier alpha value is -1.90. The van der Waals surface area contributed by atoms with Gasteiger partial charge in [0.1, 0.15) is 18.1 Å². The van der Waals surface area contributed by atoms with Gasteiger partial charge in [-0.3, -0.25) is 14.5 Å². The number of carbonyl (C=O) groups excluding carboxylic acids is 2. The molecule has 4 heterocycles. The SMILES string of the molecule is O=C1NCC(CCC(=O)N2CCCCC2)N2CC(NCc3ccc(CO)o3)CC12. The van der Waals surface area contributed by atoms with Crippen LogP contribution >= 0.6 is 0 Å². The number of furan rings is 1. The van der Waals surface area contributed by atoms with Crippen LogP contribution in [-0.4, -0.2) is 71.0 Å². The molecule has 1 aromatic heterocycles. The summed E-state index contributed by atoms with van der Waals surface area (Å²) in [4.78, 5) is 29.2. The monoisotopic (exact) mass is 404 g/mol. The van der Waals surface area contributed by atoms with Crippen molar-refractivity contribution in [3.63, 3.8) is 0 Å². The average Bonchev–Trinajstić information content (AvgIpc) is 3.39. The molecule has 1 aromatic rings. The number of carbonyl (C=O) groups is 2. The number of fused-ring (bicyclic) bond motifs is 1. The average molecular weight is 405 g/mol. The van der Waals surface area contributed by atoms with Crippen molar-refractivity contribution in [1.82, 2.24) is 20.4 Å². The summed E-state index contributed by atoms with van der Waals surface area (Å²) in [5.74, 6) is 1.69. The first-order valence-electron chi connectivity index (χ1n) is 10.9. The zero-order valence-corrected chi connectivity index (χ0v) is 16.9. The summed E-state index contributed by atoms with van der Waals surface area (Å²) >= 11 is 0. The lowest BCUT2D eigenvalue weighted by molar-refractivity contribution is -0.133. The summed E-state index contributed by atoms with van der Waals surface area (Å²) in [6, 6.07) is 3.93. The molecule has 0 aromatic carbocycles. The highest BCUT2D eigenvalue weighted by molar-refractivity contribution is 5.83. The molecule has 0 radical (unpaired) electrons. The molecule has 3 aliphatic rings. The molecule has 2 amide bonds. The molecule has 3 aliphatic heterocycles. The van der Waals surface area contributed by atoms with Gasteiger partial charge in [-0.25, -0.2) is 0 Å². The molecule has 0 bridgehead atoms. The predicted molar refractivity (Wildman–Crippen MR) is 107 cm³/mol. The van der Waals surface area contributed by atoms with Gasteiger partial charge in [0.05, 0.1) is 12.6 Å². The molecule has 3 atom stereocenters. The van der Waals surface area contributed by atoms with Gasteiger partial charge in [0.2, 0.25) is 11.8 Å². The number of aliphatic hydroxyl groups excluding tert-OH is 1. The van der Waals surface area contributed by atoms with E-state index in [9.17, 15) is 9.59 Å². The Balaban J connectivity index is 1.29. The minimum absolute atomic E-state index is 0.0912. The highest BCUT2D eigenvalue weighted by atomic mass is 16.4. The molecule has 3 unspecified atom stereocenters. The second-order valence-corrected chi connectivity index (χ2v) is 8.43. The van der Waals surface area contributed by atoms with Crippen molar-refractivity contribution in [2.75, 3.05) is 26.2 Å². The van der Waals surface area contributed by atoms with E-state index in [0.717, 1.165) is 51.1 Å². The van der Waals surface area contributed by atoms with Gasteiger partial charge >= 0.3 is 0 Å². The number of aliphatic hydroxyl groups is 1. The van der Waals surface area contributed by atoms with E-state index in [-0.39, 0.29) is 36.5 Å². The third-order valence-electron chi connectivity index (χ3n) is 6.46. The van der Waals surface area contributed by atoms with Gasteiger partial charge in [0.15, 0.2) is 0 Å². The summed E-state index contributed by atoms with van der Waals surface area (Å²) in [5, 5.41) is 15.6. The van der Waals surface area contributed by atoms with Crippen LogP contribution in [0.5, 0.6) is 0 Å². The lowest BCUT2D eigenvalue weighted by atomic mass is 10.0. The third kappa shape index (κ3) is 4.82. The molecule has 0 spiro atoms. The van der Waals surface area contributed by atoms with Crippen LogP contribution in [0.25, 0.3) is 0 Å². The van der Waals surface area contributed by atoms with Crippen molar-refractivity contribution < 1.29 is 19.1 Å². The maximum atomic E-state index is 12.5. The van der Waals surface area contributed by atoms with Crippen LogP contribution < -0.4 is 10.6 Å². The maximum Gasteiger partial charge on any atom is 0.237 e. The number of piperidine rings is 1. The van der Waals surface area contributed by atoms with Crippen LogP contribution in [0.2, 0.25) is 0 Å². The van der Waals surface area contributed by atoms with Crippen LogP contribution in [0.1, 0.15) is 50.0 Å². The van der Waals surface area contributed by atoms with Crippen LogP contribution in [0, 0.1) is 0 Å². The van der Waals surface area contributed by atoms with Crippen molar-refractivity contribution >= 4 is 11.8 Å². The Labute approximate surface area is 171 Å². The number of nitrogens with one attached hydrogen (secondary N) is 2. The first-order valence-corrected chi connectivity index (χ1v) is 10.9. The Morgan fingerprint density at radius 1 is 1.24 bits per heavy atom. The van der Waals surface area contributed by atoms with Crippen LogP contribution in [0.15, 0.2) is 16.5 Å². The Morgan fingerprint density at radius 3 is 2.79 bits per heavy atom. The van der Waals surface area contributed by atoms with Gasteiger partial charge in [-0.1, -0.05) is 0 Å². The summed E-state index contributed by atoms with van der Waals surface area (Å²) < 4.78 is 5.53. The minimum Gasteiger partial charge on any atom is -0.462 e. The van der Waals surface area contributed by atoms with E-state index in [0.29, 0.717) is 25.3 Å². The largest absolute Gasteiger partial charge is 0.462 e. The lowest BCUT2D eigenvalue weighted by Crippen LogP contribution is -2.58. The molecule has 4 rings (SSSR count). The second-order valence-electron chi connectivity index (χ2n) is 8.43. The summed E-state index contributed by atoms with van der Waals surface area (Å²) in [6.07, 6.45) is 5.55. The van der Waals surface area contributed by atoms with Gasteiger partial charge in [0.25, 0.3) is 0 Å². The molecular formula is C21H32N4O4. The van der Waals surface area contributed by atoms with E-state index in [1.165, 1.54) is 6.42 Å². The molecule has 8 nitrogen and oxygen atoms in total. The van der Waals surface area contributed by atoms with E-state index < -0.39 is 0 Å². The molecular weight excluding hydrogens is 372 g/mol. The smallest absolute Gasteiger partial charge is 0.237 e. The number of amides is 2. The third-order valence-corrected chi connectivity index (χ3v) is 6.46. The normalized spacial score (nSPS) is 27.7. The number of piperazine rings is 1. The predicted octanol–water partition coefficient (Wildman–Crippen LogP) is 0.596. The van der Waals surface area contributed by atoms with Gasteiger partial charge in [-0.05, 0) is 44.2 Å². The molecule has 29 heavy (non-hydrogen) atoms. The fourth-order valence-electron chi connectivity index (χ4n) is 4.83. The molecule has 8 heteroatoms. The number of likely N-dealkylation sites (tertiary alicyclic amines) is 1. The van der Waals surface area contributed by atoms with Gasteiger partial charge in [-0.2, -0.15) is 0 Å².